The molecular formula is C67H112N2O6. The summed E-state index contributed by atoms with van der Waals surface area (Å²) in [6, 6.07) is 0. The second kappa shape index (κ2) is 24.8. The summed E-state index contributed by atoms with van der Waals surface area (Å²) in [5.74, 6) is 7.60. The number of rotatable bonds is 12. The van der Waals surface area contributed by atoms with Crippen LogP contribution in [-0.4, -0.2) is 83.8 Å². The highest BCUT2D eigenvalue weighted by atomic mass is 16.2. The van der Waals surface area contributed by atoms with Crippen molar-refractivity contribution in [1.82, 2.24) is 9.80 Å². The maximum absolute atomic E-state index is 13.2. The Hall–Kier alpha value is -2.06. The first-order valence-electron chi connectivity index (χ1n) is 32.0. The summed E-state index contributed by atoms with van der Waals surface area (Å²) in [4.78, 5) is 83.1. The van der Waals surface area contributed by atoms with Crippen molar-refractivity contribution in [2.45, 2.75) is 256 Å². The summed E-state index contributed by atoms with van der Waals surface area (Å²) in [5.41, 5.74) is -0.792. The van der Waals surface area contributed by atoms with Crippen LogP contribution in [0.4, 0.5) is 0 Å². The van der Waals surface area contributed by atoms with Crippen molar-refractivity contribution in [3.8, 4) is 0 Å². The van der Waals surface area contributed by atoms with Gasteiger partial charge in [0.25, 0.3) is 0 Å². The van der Waals surface area contributed by atoms with Crippen LogP contribution in [0.2, 0.25) is 0 Å². The Morgan fingerprint density at radius 2 is 0.667 bits per heavy atom. The Balaban J connectivity index is 0.000000164. The van der Waals surface area contributed by atoms with Crippen molar-refractivity contribution in [2.24, 2.45) is 91.7 Å². The zero-order valence-corrected chi connectivity index (χ0v) is 50.5. The molecule has 10 aliphatic heterocycles. The standard InChI is InChI=1S/C23H38O2.2C22H37NO2/c1-16(2)11-23-14-19(15-23)8-6-5-7-18-12-22(13-18,10-9-20(23)24)21(25)17(3)4;1-16(2)11-22-12-18(13-22)7-5-6-10-23-14-21(15-23,9-8-19(22)24)20(25)17(3)4;1-16(2)11-22-14-23(15-22)10-6-5-7-18-12-21(13-18,9-8-19(22)24)20(25)17(3)4/h16-19H,5-15H2,1-4H3;2*16-18H,5-15H2,1-4H3. The number of nitrogens with zero attached hydrogens (tertiary/aromatic N) is 2. The molecule has 8 saturated carbocycles. The van der Waals surface area contributed by atoms with E-state index in [1.165, 1.54) is 64.2 Å². The summed E-state index contributed by atoms with van der Waals surface area (Å²) < 4.78 is 0. The molecule has 0 atom stereocenters. The average molecular weight is 1040 g/mol. The van der Waals surface area contributed by atoms with Gasteiger partial charge in [-0.05, 0) is 157 Å². The van der Waals surface area contributed by atoms with Crippen LogP contribution in [0.1, 0.15) is 256 Å². The fourth-order valence-electron chi connectivity index (χ4n) is 18.3. The van der Waals surface area contributed by atoms with Crippen LogP contribution in [0, 0.1) is 91.7 Å². The molecule has 8 nitrogen and oxygen atoms in total. The van der Waals surface area contributed by atoms with Crippen LogP contribution in [-0.2, 0) is 28.8 Å². The molecule has 10 saturated heterocycles. The Labute approximate surface area is 458 Å². The third-order valence-electron chi connectivity index (χ3n) is 21.5. The van der Waals surface area contributed by atoms with E-state index in [0.29, 0.717) is 77.6 Å². The first-order valence-corrected chi connectivity index (χ1v) is 32.0. The van der Waals surface area contributed by atoms with Crippen molar-refractivity contribution < 1.29 is 28.8 Å². The topological polar surface area (TPSA) is 109 Å². The molecule has 0 N–H and O–H groups in total. The first-order chi connectivity index (χ1) is 35.3. The summed E-state index contributed by atoms with van der Waals surface area (Å²) in [6.45, 7) is 31.5. The molecule has 0 aromatic heterocycles. The molecule has 0 amide bonds. The minimum atomic E-state index is -0.236. The van der Waals surface area contributed by atoms with E-state index in [9.17, 15) is 28.8 Å². The van der Waals surface area contributed by atoms with Gasteiger partial charge < -0.3 is 9.80 Å². The van der Waals surface area contributed by atoms with Gasteiger partial charge >= 0.3 is 0 Å². The Morgan fingerprint density at radius 3 is 1.01 bits per heavy atom. The predicted octanol–water partition coefficient (Wildman–Crippen LogP) is 15.0. The summed E-state index contributed by atoms with van der Waals surface area (Å²) >= 11 is 0. The monoisotopic (exact) mass is 1040 g/mol. The number of carbonyl (C=O) groups excluding carboxylic acids is 6. The molecular weight excluding hydrogens is 929 g/mol. The lowest BCUT2D eigenvalue weighted by atomic mass is 9.53. The molecule has 18 aliphatic rings. The van der Waals surface area contributed by atoms with Gasteiger partial charge in [0.2, 0.25) is 0 Å². The second-order valence-electron chi connectivity index (χ2n) is 30.6. The average Bonchev–Trinajstić information content (AvgIpc) is 3.33. The van der Waals surface area contributed by atoms with E-state index in [1.807, 2.05) is 41.5 Å². The van der Waals surface area contributed by atoms with Crippen LogP contribution in [0.5, 0.6) is 0 Å². The van der Waals surface area contributed by atoms with Crippen LogP contribution in [0.3, 0.4) is 0 Å². The Morgan fingerprint density at radius 1 is 0.387 bits per heavy atom. The lowest BCUT2D eigenvalue weighted by Crippen LogP contribution is -2.61. The van der Waals surface area contributed by atoms with Gasteiger partial charge in [-0.25, -0.2) is 0 Å². The molecule has 0 radical (unpaired) electrons. The third kappa shape index (κ3) is 13.8. The van der Waals surface area contributed by atoms with Crippen LogP contribution >= 0.6 is 0 Å². The summed E-state index contributed by atoms with van der Waals surface area (Å²) in [7, 11) is 0. The fourth-order valence-corrected chi connectivity index (χ4v) is 18.3. The number of hydrogen-bond donors (Lipinski definition) is 0. The van der Waals surface area contributed by atoms with Gasteiger partial charge in [-0.3, -0.25) is 28.8 Å². The van der Waals surface area contributed by atoms with Gasteiger partial charge in [-0.2, -0.15) is 0 Å². The molecule has 8 aliphatic carbocycles. The van der Waals surface area contributed by atoms with Crippen molar-refractivity contribution in [1.29, 1.82) is 0 Å². The van der Waals surface area contributed by atoms with E-state index in [-0.39, 0.29) is 50.2 Å². The molecule has 0 aromatic rings. The maximum Gasteiger partial charge on any atom is 0.144 e. The minimum absolute atomic E-state index is 0.0435. The molecule has 75 heavy (non-hydrogen) atoms. The van der Waals surface area contributed by atoms with Gasteiger partial charge in [-0.1, -0.05) is 134 Å². The van der Waals surface area contributed by atoms with Crippen molar-refractivity contribution in [2.75, 3.05) is 39.3 Å². The zero-order valence-electron chi connectivity index (χ0n) is 50.5. The molecule has 18 rings (SSSR count). The molecule has 18 fully saturated rings. The minimum Gasteiger partial charge on any atom is -0.301 e. The third-order valence-corrected chi connectivity index (χ3v) is 21.5. The van der Waals surface area contributed by atoms with Gasteiger partial charge in [-0.15, -0.1) is 0 Å². The van der Waals surface area contributed by atoms with E-state index in [1.54, 1.807) is 0 Å². The highest BCUT2D eigenvalue weighted by molar-refractivity contribution is 5.92. The number of hydrogen-bond acceptors (Lipinski definition) is 8. The lowest BCUT2D eigenvalue weighted by molar-refractivity contribution is -0.147. The SMILES string of the molecule is CC(C)CC12CC(CCCCC3CC(C(=O)C(C)C)(CCC1=O)C3)C2.CC(C)CC12CC(CCCCN3CC(C(=O)C(C)C)(CCC1=O)C3)C2.CC(C)CC12CN(CCCCC3CC(C(=O)C(C)C)(CCC1=O)C3)C2. The molecule has 426 valence electrons. The fraction of sp³-hybridized carbons (Fsp3) is 0.910. The smallest absolute Gasteiger partial charge is 0.144 e. The Kier molecular flexibility index (Phi) is 20.0. The highest BCUT2D eigenvalue weighted by Gasteiger charge is 2.56. The molecule has 10 heterocycles. The number of carbonyl (C=O) groups is 6. The van der Waals surface area contributed by atoms with E-state index in [2.05, 4.69) is 51.3 Å². The van der Waals surface area contributed by atoms with Crippen LogP contribution in [0.15, 0.2) is 0 Å². The van der Waals surface area contributed by atoms with Crippen molar-refractivity contribution >= 4 is 34.7 Å². The summed E-state index contributed by atoms with van der Waals surface area (Å²) in [5, 5.41) is 0. The van der Waals surface area contributed by atoms with Gasteiger partial charge in [0.1, 0.15) is 34.7 Å². The second-order valence-corrected chi connectivity index (χ2v) is 30.6. The van der Waals surface area contributed by atoms with E-state index in [4.69, 9.17) is 0 Å². The Bertz CT molecular complexity index is 1750. The lowest BCUT2D eigenvalue weighted by Gasteiger charge is -2.51. The molecule has 12 bridgehead atoms. The van der Waals surface area contributed by atoms with E-state index < -0.39 is 0 Å². The van der Waals surface area contributed by atoms with Crippen molar-refractivity contribution in [3.63, 3.8) is 0 Å². The molecule has 0 spiro atoms. The largest absolute Gasteiger partial charge is 0.301 e. The number of Topliss-reactive ketones (excluding diaryl/α,β-unsaturated/α-hetero) is 6. The van der Waals surface area contributed by atoms with Crippen LogP contribution in [0.25, 0.3) is 0 Å². The van der Waals surface area contributed by atoms with Crippen molar-refractivity contribution in [3.05, 3.63) is 0 Å². The van der Waals surface area contributed by atoms with E-state index in [0.717, 1.165) is 147 Å². The predicted molar refractivity (Wildman–Crippen MR) is 305 cm³/mol. The molecule has 0 aromatic carbocycles. The van der Waals surface area contributed by atoms with Gasteiger partial charge in [0.05, 0.1) is 10.8 Å². The first kappa shape index (κ1) is 60.6. The number of ketones is 6. The van der Waals surface area contributed by atoms with E-state index >= 15 is 0 Å². The highest BCUT2D eigenvalue weighted by Crippen LogP contribution is 2.59. The quantitative estimate of drug-likeness (QED) is 0.190. The van der Waals surface area contributed by atoms with Crippen LogP contribution < -0.4 is 0 Å². The molecule has 0 unspecified atom stereocenters. The zero-order chi connectivity index (χ0) is 54.7. The van der Waals surface area contributed by atoms with Gasteiger partial charge in [0.15, 0.2) is 0 Å². The maximum atomic E-state index is 13.2. The normalized spacial score (nSPS) is 39.0. The molecule has 8 heteroatoms. The van der Waals surface area contributed by atoms with Gasteiger partial charge in [0, 0.05) is 84.9 Å². The summed E-state index contributed by atoms with van der Waals surface area (Å²) in [6.07, 6.45) is 28.9.